The van der Waals surface area contributed by atoms with Crippen LogP contribution in [0.1, 0.15) is 15.9 Å². The molecule has 0 saturated heterocycles. The van der Waals surface area contributed by atoms with Gasteiger partial charge in [-0.3, -0.25) is 4.79 Å². The van der Waals surface area contributed by atoms with Crippen molar-refractivity contribution in [2.45, 2.75) is 6.61 Å². The molecule has 0 atom stereocenters. The van der Waals surface area contributed by atoms with Crippen LogP contribution in [-0.2, 0) is 6.61 Å². The summed E-state index contributed by atoms with van der Waals surface area (Å²) in [6.45, 7) is 0.0395. The number of rotatable bonds is 5. The zero-order valence-electron chi connectivity index (χ0n) is 10.7. The predicted octanol–water partition coefficient (Wildman–Crippen LogP) is 3.88. The molecule has 0 heterocycles. The Hall–Kier alpha value is -2.07. The summed E-state index contributed by atoms with van der Waals surface area (Å²) >= 11 is 5.85. The molecule has 0 aromatic heterocycles. The van der Waals surface area contributed by atoms with Crippen LogP contribution in [0, 0.1) is 5.82 Å². The van der Waals surface area contributed by atoms with Crippen LogP contribution >= 0.6 is 11.6 Å². The molecule has 0 radical (unpaired) electrons. The highest BCUT2D eigenvalue weighted by atomic mass is 35.5. The van der Waals surface area contributed by atoms with Gasteiger partial charge in [0.1, 0.15) is 12.4 Å². The number of halogens is 2. The van der Waals surface area contributed by atoms with Crippen LogP contribution in [-0.4, -0.2) is 13.4 Å². The third kappa shape index (κ3) is 2.91. The van der Waals surface area contributed by atoms with E-state index < -0.39 is 5.82 Å². The summed E-state index contributed by atoms with van der Waals surface area (Å²) in [6, 6.07) is 9.44. The molecule has 5 heteroatoms. The first-order valence-corrected chi connectivity index (χ1v) is 6.23. The molecule has 3 nitrogen and oxygen atoms in total. The van der Waals surface area contributed by atoms with E-state index in [0.29, 0.717) is 28.9 Å². The highest BCUT2D eigenvalue weighted by Crippen LogP contribution is 2.31. The molecule has 0 saturated carbocycles. The SMILES string of the molecule is COc1cccc(C=O)c1OCc1cccc(F)c1Cl. The zero-order valence-corrected chi connectivity index (χ0v) is 11.5. The number of hydrogen-bond acceptors (Lipinski definition) is 3. The molecule has 0 fully saturated rings. The van der Waals surface area contributed by atoms with Gasteiger partial charge in [0, 0.05) is 5.56 Å². The molecule has 0 amide bonds. The van der Waals surface area contributed by atoms with E-state index in [1.54, 1.807) is 30.3 Å². The Balaban J connectivity index is 2.27. The van der Waals surface area contributed by atoms with E-state index in [0.717, 1.165) is 0 Å². The van der Waals surface area contributed by atoms with E-state index in [-0.39, 0.29) is 11.6 Å². The maximum Gasteiger partial charge on any atom is 0.172 e. The van der Waals surface area contributed by atoms with Crippen LogP contribution < -0.4 is 9.47 Å². The fourth-order valence-electron chi connectivity index (χ4n) is 1.75. The van der Waals surface area contributed by atoms with E-state index in [4.69, 9.17) is 21.1 Å². The van der Waals surface area contributed by atoms with Crippen LogP contribution in [0.4, 0.5) is 4.39 Å². The fraction of sp³-hybridized carbons (Fsp3) is 0.133. The van der Waals surface area contributed by atoms with Gasteiger partial charge >= 0.3 is 0 Å². The monoisotopic (exact) mass is 294 g/mol. The maximum absolute atomic E-state index is 13.3. The topological polar surface area (TPSA) is 35.5 Å². The summed E-state index contributed by atoms with van der Waals surface area (Å²) < 4.78 is 24.0. The lowest BCUT2D eigenvalue weighted by molar-refractivity contribution is 0.111. The number of ether oxygens (including phenoxy) is 2. The van der Waals surface area contributed by atoms with Crippen molar-refractivity contribution in [1.29, 1.82) is 0 Å². The Morgan fingerprint density at radius 3 is 2.70 bits per heavy atom. The van der Waals surface area contributed by atoms with Crippen LogP contribution in [0.2, 0.25) is 5.02 Å². The number of aldehydes is 1. The lowest BCUT2D eigenvalue weighted by atomic mass is 10.2. The first kappa shape index (κ1) is 14.3. The van der Waals surface area contributed by atoms with Crippen LogP contribution in [0.15, 0.2) is 36.4 Å². The molecule has 104 valence electrons. The van der Waals surface area contributed by atoms with Crippen LogP contribution in [0.3, 0.4) is 0 Å². The molecular weight excluding hydrogens is 283 g/mol. The van der Waals surface area contributed by atoms with Crippen molar-refractivity contribution >= 4 is 17.9 Å². The minimum atomic E-state index is -0.511. The largest absolute Gasteiger partial charge is 0.493 e. The van der Waals surface area contributed by atoms with Crippen molar-refractivity contribution in [3.63, 3.8) is 0 Å². The summed E-state index contributed by atoms with van der Waals surface area (Å²) in [7, 11) is 1.48. The highest BCUT2D eigenvalue weighted by molar-refractivity contribution is 6.31. The molecular formula is C15H12ClFO3. The van der Waals surface area contributed by atoms with Gasteiger partial charge in [0.25, 0.3) is 0 Å². The van der Waals surface area contributed by atoms with Gasteiger partial charge in [-0.1, -0.05) is 29.8 Å². The minimum Gasteiger partial charge on any atom is -0.493 e. The second-order valence-electron chi connectivity index (χ2n) is 4.00. The summed E-state index contributed by atoms with van der Waals surface area (Å²) in [5, 5.41) is 0.00931. The van der Waals surface area contributed by atoms with Gasteiger partial charge in [-0.15, -0.1) is 0 Å². The first-order chi connectivity index (χ1) is 9.67. The van der Waals surface area contributed by atoms with Crippen molar-refractivity contribution in [2.75, 3.05) is 7.11 Å². The molecule has 0 aliphatic rings. The van der Waals surface area contributed by atoms with Crippen molar-refractivity contribution in [1.82, 2.24) is 0 Å². The van der Waals surface area contributed by atoms with Gasteiger partial charge in [-0.2, -0.15) is 0 Å². The molecule has 2 aromatic rings. The molecule has 0 aliphatic carbocycles. The smallest absolute Gasteiger partial charge is 0.172 e. The molecule has 2 rings (SSSR count). The van der Waals surface area contributed by atoms with Crippen LogP contribution in [0.5, 0.6) is 11.5 Å². The summed E-state index contributed by atoms with van der Waals surface area (Å²) in [5.41, 5.74) is 0.853. The quantitative estimate of drug-likeness (QED) is 0.785. The minimum absolute atomic E-state index is 0.00931. The Bertz CT molecular complexity index is 629. The molecule has 0 aliphatic heterocycles. The van der Waals surface area contributed by atoms with Gasteiger partial charge in [-0.25, -0.2) is 4.39 Å². The molecule has 0 spiro atoms. The maximum atomic E-state index is 13.3. The Labute approximate surface area is 120 Å². The van der Waals surface area contributed by atoms with E-state index >= 15 is 0 Å². The number of benzene rings is 2. The van der Waals surface area contributed by atoms with Crippen LogP contribution in [0.25, 0.3) is 0 Å². The lowest BCUT2D eigenvalue weighted by Crippen LogP contribution is -2.01. The van der Waals surface area contributed by atoms with E-state index in [1.165, 1.54) is 13.2 Å². The number of hydrogen-bond donors (Lipinski definition) is 0. The Morgan fingerprint density at radius 2 is 2.00 bits per heavy atom. The van der Waals surface area contributed by atoms with E-state index in [1.807, 2.05) is 0 Å². The van der Waals surface area contributed by atoms with Crippen molar-refractivity contribution in [3.05, 3.63) is 58.4 Å². The number of methoxy groups -OCH3 is 1. The average molecular weight is 295 g/mol. The molecule has 20 heavy (non-hydrogen) atoms. The molecule has 0 unspecified atom stereocenters. The molecule has 0 N–H and O–H groups in total. The number of carbonyl (C=O) groups is 1. The molecule has 0 bridgehead atoms. The third-order valence-corrected chi connectivity index (χ3v) is 3.18. The summed E-state index contributed by atoms with van der Waals surface area (Å²) in [4.78, 5) is 11.0. The number of carbonyl (C=O) groups excluding carboxylic acids is 1. The average Bonchev–Trinajstić information content (AvgIpc) is 2.48. The standard InChI is InChI=1S/C15H12ClFO3/c1-19-13-7-3-4-10(8-18)15(13)20-9-11-5-2-6-12(17)14(11)16/h2-8H,9H2,1H3. The highest BCUT2D eigenvalue weighted by Gasteiger charge is 2.12. The van der Waals surface area contributed by atoms with E-state index in [9.17, 15) is 9.18 Å². The van der Waals surface area contributed by atoms with Crippen molar-refractivity contribution < 1.29 is 18.7 Å². The van der Waals surface area contributed by atoms with Gasteiger partial charge in [0.2, 0.25) is 0 Å². The zero-order chi connectivity index (χ0) is 14.5. The number of para-hydroxylation sites is 1. The third-order valence-electron chi connectivity index (χ3n) is 2.76. The van der Waals surface area contributed by atoms with Gasteiger partial charge in [-0.05, 0) is 18.2 Å². The van der Waals surface area contributed by atoms with Crippen molar-refractivity contribution in [2.24, 2.45) is 0 Å². The van der Waals surface area contributed by atoms with Gasteiger partial charge in [0.05, 0.1) is 17.7 Å². The second kappa shape index (κ2) is 6.39. The summed E-state index contributed by atoms with van der Waals surface area (Å²) in [5.74, 6) is 0.232. The molecule has 2 aromatic carbocycles. The Morgan fingerprint density at radius 1 is 1.25 bits per heavy atom. The van der Waals surface area contributed by atoms with Crippen molar-refractivity contribution in [3.8, 4) is 11.5 Å². The van der Waals surface area contributed by atoms with E-state index in [2.05, 4.69) is 0 Å². The van der Waals surface area contributed by atoms with Gasteiger partial charge < -0.3 is 9.47 Å². The summed E-state index contributed by atoms with van der Waals surface area (Å²) in [6.07, 6.45) is 0.672. The normalized spacial score (nSPS) is 10.2. The lowest BCUT2D eigenvalue weighted by Gasteiger charge is -2.13. The fourth-order valence-corrected chi connectivity index (χ4v) is 1.93. The Kier molecular flexibility index (Phi) is 4.58. The predicted molar refractivity (Wildman–Crippen MR) is 74.1 cm³/mol. The second-order valence-corrected chi connectivity index (χ2v) is 4.38. The van der Waals surface area contributed by atoms with Gasteiger partial charge in [0.15, 0.2) is 17.8 Å². The first-order valence-electron chi connectivity index (χ1n) is 5.85.